The smallest absolute Gasteiger partial charge is 0.158 e. The van der Waals surface area contributed by atoms with Crippen LogP contribution in [0.15, 0.2) is 165 Å². The molecule has 0 saturated heterocycles. The van der Waals surface area contributed by atoms with Gasteiger partial charge in [-0.25, -0.2) is 0 Å². The number of allylic oxidation sites excluding steroid dienone is 3. The summed E-state index contributed by atoms with van der Waals surface area (Å²) >= 11 is 0. The lowest BCUT2D eigenvalue weighted by Crippen LogP contribution is -2.07. The van der Waals surface area contributed by atoms with Gasteiger partial charge in [-0.15, -0.1) is 0 Å². The van der Waals surface area contributed by atoms with Crippen LogP contribution in [-0.4, -0.2) is 9.13 Å². The average molecular weight is 865 g/mol. The van der Waals surface area contributed by atoms with Gasteiger partial charge >= 0.3 is 0 Å². The average Bonchev–Trinajstić information content (AvgIpc) is 4.19. The molecule has 7 aromatic carbocycles. The van der Waals surface area contributed by atoms with Crippen molar-refractivity contribution in [1.29, 1.82) is 0 Å². The summed E-state index contributed by atoms with van der Waals surface area (Å²) in [5.74, 6) is 2.68. The highest BCUT2D eigenvalue weighted by Crippen LogP contribution is 2.48. The van der Waals surface area contributed by atoms with Crippen LogP contribution in [0.2, 0.25) is 0 Å². The topological polar surface area (TPSA) is 49.3 Å². The first kappa shape index (κ1) is 37.2. The highest BCUT2D eigenvalue weighted by Gasteiger charge is 2.31. The van der Waals surface area contributed by atoms with E-state index in [1.54, 1.807) is 0 Å². The Hall–Kier alpha value is -8.02. The Labute approximate surface area is 386 Å². The van der Waals surface area contributed by atoms with E-state index in [2.05, 4.69) is 187 Å². The van der Waals surface area contributed by atoms with E-state index in [0.717, 1.165) is 92.5 Å². The summed E-state index contributed by atoms with van der Waals surface area (Å²) in [5.41, 5.74) is 19.7. The van der Waals surface area contributed by atoms with Gasteiger partial charge in [-0.2, -0.15) is 0 Å². The molecule has 67 heavy (non-hydrogen) atoms. The van der Waals surface area contributed by atoms with Crippen molar-refractivity contribution >= 4 is 106 Å². The van der Waals surface area contributed by atoms with E-state index in [-0.39, 0.29) is 5.92 Å². The third kappa shape index (κ3) is 5.20. The zero-order valence-electron chi connectivity index (χ0n) is 37.3. The zero-order chi connectivity index (χ0) is 44.1. The van der Waals surface area contributed by atoms with E-state index in [1.165, 1.54) is 77.3 Å². The van der Waals surface area contributed by atoms with Gasteiger partial charge in [0.05, 0.1) is 22.2 Å². The van der Waals surface area contributed by atoms with Gasteiger partial charge in [0.2, 0.25) is 0 Å². The molecule has 5 heteroatoms. The highest BCUT2D eigenvalue weighted by atomic mass is 16.3. The van der Waals surface area contributed by atoms with Crippen molar-refractivity contribution < 1.29 is 13.3 Å². The van der Waals surface area contributed by atoms with Crippen LogP contribution in [0.5, 0.6) is 0 Å². The quantitative estimate of drug-likeness (QED) is 0.177. The molecule has 15 rings (SSSR count). The van der Waals surface area contributed by atoms with Gasteiger partial charge in [-0.1, -0.05) is 129 Å². The van der Waals surface area contributed by atoms with Gasteiger partial charge < -0.3 is 22.4 Å². The molecule has 0 fully saturated rings. The first-order chi connectivity index (χ1) is 33.1. The molecular weight excluding hydrogens is 821 g/mol. The van der Waals surface area contributed by atoms with Crippen LogP contribution in [0.4, 0.5) is 0 Å². The molecule has 2 unspecified atom stereocenters. The highest BCUT2D eigenvalue weighted by molar-refractivity contribution is 6.15. The van der Waals surface area contributed by atoms with Crippen LogP contribution in [0.1, 0.15) is 84.4 Å². The molecule has 5 aromatic heterocycles. The van der Waals surface area contributed by atoms with Crippen molar-refractivity contribution in [2.24, 2.45) is 0 Å². The predicted octanol–water partition coefficient (Wildman–Crippen LogP) is 17.3. The molecule has 0 bridgehead atoms. The largest absolute Gasteiger partial charge is 0.458 e. The number of rotatable bonds is 4. The van der Waals surface area contributed by atoms with E-state index in [4.69, 9.17) is 13.3 Å². The molecule has 5 nitrogen and oxygen atoms in total. The Morgan fingerprint density at radius 3 is 2.12 bits per heavy atom. The monoisotopic (exact) mass is 864 g/mol. The van der Waals surface area contributed by atoms with Crippen LogP contribution in [0.3, 0.4) is 0 Å². The molecule has 3 aliphatic carbocycles. The van der Waals surface area contributed by atoms with E-state index in [1.807, 2.05) is 6.07 Å². The first-order valence-electron chi connectivity index (χ1n) is 23.8. The minimum atomic E-state index is 0.172. The Balaban J connectivity index is 0.866. The summed E-state index contributed by atoms with van der Waals surface area (Å²) in [7, 11) is 0. The number of nitrogens with zero attached hydrogens (tertiary/aromatic N) is 2. The maximum atomic E-state index is 7.13. The Morgan fingerprint density at radius 2 is 1.22 bits per heavy atom. The predicted molar refractivity (Wildman–Crippen MR) is 277 cm³/mol. The summed E-state index contributed by atoms with van der Waals surface area (Å²) in [5, 5.41) is 8.41. The van der Waals surface area contributed by atoms with Crippen LogP contribution in [0, 0.1) is 0 Å². The van der Waals surface area contributed by atoms with Crippen LogP contribution >= 0.6 is 0 Å². The molecule has 2 atom stereocenters. The maximum Gasteiger partial charge on any atom is 0.158 e. The Bertz CT molecular complexity index is 4210. The number of para-hydroxylation sites is 6. The lowest BCUT2D eigenvalue weighted by atomic mass is 9.88. The van der Waals surface area contributed by atoms with Crippen molar-refractivity contribution in [2.45, 2.75) is 51.4 Å². The second-order valence-electron chi connectivity index (χ2n) is 19.1. The molecule has 0 amide bonds. The molecule has 0 saturated carbocycles. The number of furan rings is 3. The first-order valence-corrected chi connectivity index (χ1v) is 23.8. The van der Waals surface area contributed by atoms with Crippen molar-refractivity contribution in [3.63, 3.8) is 0 Å². The SMILES string of the molecule is CC1CC(n2c3ccccc3c3cc(-c4cccc5c4oc4ccccc45)ccc32)=Cc2c1oc1c(-n3c4c(c5ccccc53)C=C(c3cccc5c6c(oc35)C=CCC6C)CC4)cccc21. The van der Waals surface area contributed by atoms with Crippen LogP contribution in [-0.2, 0) is 6.42 Å². The third-order valence-corrected chi connectivity index (χ3v) is 15.3. The van der Waals surface area contributed by atoms with Crippen molar-refractivity contribution in [2.75, 3.05) is 0 Å². The maximum absolute atomic E-state index is 7.13. The summed E-state index contributed by atoms with van der Waals surface area (Å²) in [4.78, 5) is 0. The fourth-order valence-corrected chi connectivity index (χ4v) is 12.3. The second kappa shape index (κ2) is 13.8. The molecule has 3 aliphatic rings. The lowest BCUT2D eigenvalue weighted by Gasteiger charge is -2.21. The molecule has 320 valence electrons. The van der Waals surface area contributed by atoms with Gasteiger partial charge in [0.1, 0.15) is 28.3 Å². The van der Waals surface area contributed by atoms with Gasteiger partial charge in [0, 0.05) is 82.8 Å². The van der Waals surface area contributed by atoms with E-state index in [9.17, 15) is 0 Å². The molecule has 12 aromatic rings. The fraction of sp³-hybridized carbons (Fsp3) is 0.129. The number of hydrogen-bond donors (Lipinski definition) is 0. The van der Waals surface area contributed by atoms with Crippen LogP contribution in [0.25, 0.3) is 123 Å². The molecular formula is C62H44N2O3. The molecule has 0 radical (unpaired) electrons. The van der Waals surface area contributed by atoms with Gasteiger partial charge in [0.25, 0.3) is 0 Å². The van der Waals surface area contributed by atoms with Crippen molar-refractivity contribution in [3.05, 3.63) is 191 Å². The summed E-state index contributed by atoms with van der Waals surface area (Å²) in [6.45, 7) is 4.63. The Kier molecular flexibility index (Phi) is 7.64. The Morgan fingerprint density at radius 1 is 0.507 bits per heavy atom. The van der Waals surface area contributed by atoms with Crippen molar-refractivity contribution in [1.82, 2.24) is 9.13 Å². The number of hydrogen-bond acceptors (Lipinski definition) is 3. The fourth-order valence-electron chi connectivity index (χ4n) is 12.3. The normalized spacial score (nSPS) is 17.0. The summed E-state index contributed by atoms with van der Waals surface area (Å²) in [6, 6.07) is 52.9. The second-order valence-corrected chi connectivity index (χ2v) is 19.1. The van der Waals surface area contributed by atoms with Gasteiger partial charge in [0.15, 0.2) is 5.58 Å². The van der Waals surface area contributed by atoms with E-state index >= 15 is 0 Å². The minimum Gasteiger partial charge on any atom is -0.458 e. The van der Waals surface area contributed by atoms with Gasteiger partial charge in [-0.05, 0) is 97.4 Å². The molecule has 0 spiro atoms. The number of aromatic nitrogens is 2. The molecule has 0 aliphatic heterocycles. The zero-order valence-corrected chi connectivity index (χ0v) is 37.3. The van der Waals surface area contributed by atoms with E-state index in [0.29, 0.717) is 5.92 Å². The van der Waals surface area contributed by atoms with Crippen molar-refractivity contribution in [3.8, 4) is 16.8 Å². The van der Waals surface area contributed by atoms with E-state index < -0.39 is 0 Å². The minimum absolute atomic E-state index is 0.172. The summed E-state index contributed by atoms with van der Waals surface area (Å²) < 4.78 is 25.3. The summed E-state index contributed by atoms with van der Waals surface area (Å²) in [6.07, 6.45) is 13.0. The van der Waals surface area contributed by atoms with Gasteiger partial charge in [-0.3, -0.25) is 0 Å². The number of benzene rings is 7. The molecule has 5 heterocycles. The standard InChI is InChI=1S/C62H44N2O3/c1-35-13-9-26-57-58(35)47-21-11-18-41(61(47)66-57)38-28-30-54-49(33-38)43-15-4-7-23-52(43)64(54)55-24-12-20-46-50-34-39(31-36(2)59(50)67-62(46)55)63-51-22-6-3-14-42(51)48-32-37(27-29-53(48)63)40-17-10-19-45-44-16-5-8-25-56(44)65-60(40)45/h3-12,14-27,29,32-36H,13,28,30-31H2,1-2H3. The molecule has 0 N–H and O–H groups in total. The van der Waals surface area contributed by atoms with Crippen LogP contribution < -0.4 is 0 Å². The lowest BCUT2D eigenvalue weighted by molar-refractivity contribution is 0.503. The third-order valence-electron chi connectivity index (χ3n) is 15.3. The number of fused-ring (bicyclic) bond motifs is 15.